The van der Waals surface area contributed by atoms with Gasteiger partial charge in [-0.3, -0.25) is 4.79 Å². The van der Waals surface area contributed by atoms with Gasteiger partial charge in [-0.05, 0) is 30.7 Å². The van der Waals surface area contributed by atoms with E-state index in [9.17, 15) is 22.4 Å². The van der Waals surface area contributed by atoms with E-state index in [2.05, 4.69) is 0 Å². The van der Waals surface area contributed by atoms with E-state index < -0.39 is 34.0 Å². The molecule has 0 aliphatic carbocycles. The summed E-state index contributed by atoms with van der Waals surface area (Å²) in [5.41, 5.74) is -0.0580. The summed E-state index contributed by atoms with van der Waals surface area (Å²) in [6, 6.07) is 4.99. The normalized spacial score (nSPS) is 14.3. The molecule has 156 valence electrons. The molecule has 2 aromatic carbocycles. The van der Waals surface area contributed by atoms with Crippen LogP contribution >= 0.6 is 23.2 Å². The molecule has 1 amide bonds. The fourth-order valence-corrected chi connectivity index (χ4v) is 3.45. The van der Waals surface area contributed by atoms with Gasteiger partial charge < -0.3 is 14.5 Å². The molecule has 10 heteroatoms. The largest absolute Gasteiger partial charge is 0.483 e. The predicted molar refractivity (Wildman–Crippen MR) is 102 cm³/mol. The van der Waals surface area contributed by atoms with Crippen LogP contribution in [0.25, 0.3) is 0 Å². The van der Waals surface area contributed by atoms with Crippen LogP contribution in [-0.2, 0) is 4.79 Å². The molecule has 29 heavy (non-hydrogen) atoms. The maximum atomic E-state index is 14.1. The number of amides is 1. The third kappa shape index (κ3) is 4.38. The molecule has 2 aromatic rings. The Bertz CT molecular complexity index is 921. The summed E-state index contributed by atoms with van der Waals surface area (Å²) >= 11 is 11.1. The van der Waals surface area contributed by atoms with Crippen molar-refractivity contribution < 1.29 is 27.1 Å². The molecular weight excluding hydrogens is 435 g/mol. The van der Waals surface area contributed by atoms with Crippen molar-refractivity contribution in [3.05, 3.63) is 57.1 Å². The molecule has 0 bridgehead atoms. The van der Waals surface area contributed by atoms with Gasteiger partial charge in [-0.2, -0.15) is 0 Å². The van der Waals surface area contributed by atoms with Crippen molar-refractivity contribution in [3.8, 4) is 5.75 Å². The summed E-state index contributed by atoms with van der Waals surface area (Å²) < 4.78 is 61.1. The predicted octanol–water partition coefficient (Wildman–Crippen LogP) is 4.59. The van der Waals surface area contributed by atoms with Crippen molar-refractivity contribution in [2.75, 3.05) is 37.7 Å². The van der Waals surface area contributed by atoms with Crippen molar-refractivity contribution in [2.24, 2.45) is 0 Å². The molecule has 0 unspecified atom stereocenters. The van der Waals surface area contributed by atoms with Crippen LogP contribution in [0.3, 0.4) is 0 Å². The van der Waals surface area contributed by atoms with Crippen LogP contribution in [0.4, 0.5) is 23.2 Å². The Morgan fingerprint density at radius 3 is 2.14 bits per heavy atom. The molecule has 4 nitrogen and oxygen atoms in total. The number of rotatable bonds is 4. The van der Waals surface area contributed by atoms with Gasteiger partial charge in [0, 0.05) is 31.2 Å². The second-order valence-corrected chi connectivity index (χ2v) is 7.30. The van der Waals surface area contributed by atoms with E-state index in [0.29, 0.717) is 10.8 Å². The van der Waals surface area contributed by atoms with E-state index in [1.165, 1.54) is 4.90 Å². The topological polar surface area (TPSA) is 32.8 Å². The van der Waals surface area contributed by atoms with Gasteiger partial charge in [-0.15, -0.1) is 0 Å². The van der Waals surface area contributed by atoms with Gasteiger partial charge in [0.25, 0.3) is 5.91 Å². The lowest BCUT2D eigenvalue weighted by atomic mass is 10.2. The van der Waals surface area contributed by atoms with Crippen LogP contribution in [-0.4, -0.2) is 43.6 Å². The lowest BCUT2D eigenvalue weighted by Crippen LogP contribution is -2.50. The van der Waals surface area contributed by atoms with Crippen LogP contribution in [0, 0.1) is 30.2 Å². The minimum absolute atomic E-state index is 0.0138. The Kier molecular flexibility index (Phi) is 6.43. The molecular formula is C19H16Cl2F4N2O2. The Morgan fingerprint density at radius 2 is 1.59 bits per heavy atom. The maximum Gasteiger partial charge on any atom is 0.260 e. The van der Waals surface area contributed by atoms with Crippen LogP contribution in [0.2, 0.25) is 10.0 Å². The minimum Gasteiger partial charge on any atom is -0.483 e. The van der Waals surface area contributed by atoms with Gasteiger partial charge in [0.2, 0.25) is 0 Å². The van der Waals surface area contributed by atoms with E-state index in [4.69, 9.17) is 27.9 Å². The van der Waals surface area contributed by atoms with Gasteiger partial charge in [-0.1, -0.05) is 23.2 Å². The van der Waals surface area contributed by atoms with E-state index in [1.54, 1.807) is 25.1 Å². The number of hydrogen-bond acceptors (Lipinski definition) is 3. The molecule has 3 rings (SSSR count). The van der Waals surface area contributed by atoms with Gasteiger partial charge in [0.1, 0.15) is 16.5 Å². The first kappa shape index (κ1) is 21.5. The van der Waals surface area contributed by atoms with E-state index in [0.717, 1.165) is 10.5 Å². The molecule has 0 atom stereocenters. The summed E-state index contributed by atoms with van der Waals surface area (Å²) in [6.07, 6.45) is 0. The summed E-state index contributed by atoms with van der Waals surface area (Å²) in [5, 5.41) is -0.681. The van der Waals surface area contributed by atoms with Crippen molar-refractivity contribution in [1.82, 2.24) is 4.90 Å². The molecule has 1 fully saturated rings. The smallest absolute Gasteiger partial charge is 0.260 e. The molecule has 1 aliphatic heterocycles. The zero-order valence-corrected chi connectivity index (χ0v) is 16.8. The lowest BCUT2D eigenvalue weighted by Gasteiger charge is -2.36. The second-order valence-electron chi connectivity index (χ2n) is 6.48. The van der Waals surface area contributed by atoms with Crippen molar-refractivity contribution in [1.29, 1.82) is 0 Å². The second kappa shape index (κ2) is 8.67. The molecule has 0 radical (unpaired) electrons. The van der Waals surface area contributed by atoms with Crippen molar-refractivity contribution >= 4 is 34.8 Å². The first-order valence-corrected chi connectivity index (χ1v) is 9.39. The Hall–Kier alpha value is -2.19. The number of benzene rings is 2. The highest BCUT2D eigenvalue weighted by molar-refractivity contribution is 6.31. The van der Waals surface area contributed by atoms with Crippen molar-refractivity contribution in [2.45, 2.75) is 6.92 Å². The highest BCUT2D eigenvalue weighted by Gasteiger charge is 2.30. The number of piperazine rings is 1. The van der Waals surface area contributed by atoms with Crippen LogP contribution in [0.5, 0.6) is 5.75 Å². The number of ether oxygens (including phenoxy) is 1. The summed E-state index contributed by atoms with van der Waals surface area (Å²) in [6.45, 7) is 1.74. The molecule has 0 N–H and O–H groups in total. The monoisotopic (exact) mass is 450 g/mol. The summed E-state index contributed by atoms with van der Waals surface area (Å²) in [5.74, 6) is -6.23. The average molecular weight is 451 g/mol. The number of halogens is 6. The van der Waals surface area contributed by atoms with Gasteiger partial charge >= 0.3 is 0 Å². The quantitative estimate of drug-likeness (QED) is 0.388. The first-order chi connectivity index (χ1) is 13.7. The van der Waals surface area contributed by atoms with Crippen LogP contribution < -0.4 is 9.64 Å². The number of aryl methyl sites for hydroxylation is 1. The number of carbonyl (C=O) groups excluding carboxylic acids is 1. The highest BCUT2D eigenvalue weighted by Crippen LogP contribution is 2.34. The molecule has 0 saturated carbocycles. The van der Waals surface area contributed by atoms with Gasteiger partial charge in [-0.25, -0.2) is 17.6 Å². The number of anilines is 1. The van der Waals surface area contributed by atoms with E-state index in [1.807, 2.05) is 0 Å². The number of carbonyl (C=O) groups is 1. The SMILES string of the molecule is Cc1cc(Cl)ccc1OCC(=O)N1CCN(c2c(F)c(F)c(Cl)c(F)c2F)CC1. The van der Waals surface area contributed by atoms with Crippen LogP contribution in [0.15, 0.2) is 18.2 Å². The molecule has 0 aromatic heterocycles. The first-order valence-electron chi connectivity index (χ1n) is 8.63. The summed E-state index contributed by atoms with van der Waals surface area (Å²) in [7, 11) is 0. The average Bonchev–Trinajstić information content (AvgIpc) is 2.70. The van der Waals surface area contributed by atoms with Crippen molar-refractivity contribution in [3.63, 3.8) is 0 Å². The van der Waals surface area contributed by atoms with E-state index in [-0.39, 0.29) is 38.7 Å². The maximum absolute atomic E-state index is 14.1. The fourth-order valence-electron chi connectivity index (χ4n) is 3.06. The Morgan fingerprint density at radius 1 is 1.00 bits per heavy atom. The lowest BCUT2D eigenvalue weighted by molar-refractivity contribution is -0.133. The summed E-state index contributed by atoms with van der Waals surface area (Å²) in [4.78, 5) is 14.9. The highest BCUT2D eigenvalue weighted by atomic mass is 35.5. The zero-order valence-electron chi connectivity index (χ0n) is 15.2. The third-order valence-corrected chi connectivity index (χ3v) is 5.19. The van der Waals surface area contributed by atoms with Gasteiger partial charge in [0.15, 0.2) is 29.9 Å². The fraction of sp³-hybridized carbons (Fsp3) is 0.316. The van der Waals surface area contributed by atoms with E-state index >= 15 is 0 Å². The molecule has 1 aliphatic rings. The Labute approximate surface area is 174 Å². The number of nitrogens with zero attached hydrogens (tertiary/aromatic N) is 2. The molecule has 1 saturated heterocycles. The third-order valence-electron chi connectivity index (χ3n) is 4.62. The molecule has 1 heterocycles. The molecule has 0 spiro atoms. The number of hydrogen-bond donors (Lipinski definition) is 0. The zero-order chi connectivity index (χ0) is 21.3. The van der Waals surface area contributed by atoms with Crippen LogP contribution in [0.1, 0.15) is 5.56 Å². The minimum atomic E-state index is -1.65. The van der Waals surface area contributed by atoms with Gasteiger partial charge in [0.05, 0.1) is 0 Å². The Balaban J connectivity index is 1.63. The standard InChI is InChI=1S/C19H16Cl2F4N2O2/c1-10-8-11(20)2-3-12(10)29-9-13(28)26-4-6-27(7-5-26)19-17(24)15(22)14(21)16(23)18(19)25/h2-3,8H,4-7,9H2,1H3.